The molecule has 2 aromatic rings. The van der Waals surface area contributed by atoms with Crippen molar-refractivity contribution in [3.63, 3.8) is 0 Å². The third kappa shape index (κ3) is 2.23. The van der Waals surface area contributed by atoms with Gasteiger partial charge in [-0.3, -0.25) is 0 Å². The van der Waals surface area contributed by atoms with E-state index in [0.29, 0.717) is 17.8 Å². The molecule has 0 atom stereocenters. The van der Waals surface area contributed by atoms with Gasteiger partial charge in [0.15, 0.2) is 5.82 Å². The third-order valence-electron chi connectivity index (χ3n) is 2.24. The third-order valence-corrected chi connectivity index (χ3v) is 2.41. The lowest BCUT2D eigenvalue weighted by Crippen LogP contribution is -2.06. The summed E-state index contributed by atoms with van der Waals surface area (Å²) >= 11 is 5.73. The summed E-state index contributed by atoms with van der Waals surface area (Å²) in [5, 5.41) is 0.123. The first kappa shape index (κ1) is 10.7. The zero-order valence-corrected chi connectivity index (χ0v) is 9.28. The Labute approximate surface area is 98.3 Å². The summed E-state index contributed by atoms with van der Waals surface area (Å²) in [6.07, 6.45) is 0.596. The van der Waals surface area contributed by atoms with Crippen molar-refractivity contribution < 1.29 is 0 Å². The molecule has 16 heavy (non-hydrogen) atoms. The van der Waals surface area contributed by atoms with Gasteiger partial charge in [0.05, 0.1) is 11.4 Å². The van der Waals surface area contributed by atoms with Gasteiger partial charge in [-0.15, -0.1) is 0 Å². The van der Waals surface area contributed by atoms with E-state index in [4.69, 9.17) is 23.1 Å². The van der Waals surface area contributed by atoms with Crippen molar-refractivity contribution in [3.8, 4) is 0 Å². The van der Waals surface area contributed by atoms with Gasteiger partial charge in [0, 0.05) is 6.42 Å². The second-order valence-electron chi connectivity index (χ2n) is 3.40. The number of anilines is 2. The van der Waals surface area contributed by atoms with Gasteiger partial charge >= 0.3 is 0 Å². The van der Waals surface area contributed by atoms with E-state index in [-0.39, 0.29) is 11.1 Å². The maximum atomic E-state index is 5.79. The van der Waals surface area contributed by atoms with E-state index in [0.717, 1.165) is 5.56 Å². The predicted molar refractivity (Wildman–Crippen MR) is 65.1 cm³/mol. The fourth-order valence-corrected chi connectivity index (χ4v) is 1.62. The molecule has 0 bridgehead atoms. The molecule has 0 aliphatic rings. The largest absolute Gasteiger partial charge is 0.394 e. The highest BCUT2D eigenvalue weighted by Gasteiger charge is 2.08. The molecular weight excluding hydrogens is 224 g/mol. The number of halogens is 1. The molecule has 1 aromatic heterocycles. The van der Waals surface area contributed by atoms with Crippen LogP contribution >= 0.6 is 11.6 Å². The van der Waals surface area contributed by atoms with Crippen LogP contribution in [-0.4, -0.2) is 9.97 Å². The Balaban J connectivity index is 2.35. The first-order chi connectivity index (χ1) is 7.66. The van der Waals surface area contributed by atoms with E-state index in [1.807, 2.05) is 30.3 Å². The summed E-state index contributed by atoms with van der Waals surface area (Å²) in [5.74, 6) is 0.228. The first-order valence-corrected chi connectivity index (χ1v) is 5.16. The van der Waals surface area contributed by atoms with Crippen LogP contribution in [0, 0.1) is 0 Å². The summed E-state index contributed by atoms with van der Waals surface area (Å²) in [7, 11) is 0. The van der Waals surface area contributed by atoms with Crippen LogP contribution in [-0.2, 0) is 6.42 Å². The molecule has 82 valence electrons. The normalized spacial score (nSPS) is 10.3. The molecule has 1 aromatic carbocycles. The Bertz CT molecular complexity index is 499. The molecule has 0 fully saturated rings. The molecule has 0 radical (unpaired) electrons. The van der Waals surface area contributed by atoms with Crippen molar-refractivity contribution in [3.05, 3.63) is 46.9 Å². The molecular formula is C11H11ClN4. The van der Waals surface area contributed by atoms with Crippen molar-refractivity contribution in [1.82, 2.24) is 9.97 Å². The number of nitrogen functional groups attached to an aromatic ring is 2. The summed E-state index contributed by atoms with van der Waals surface area (Å²) < 4.78 is 0. The van der Waals surface area contributed by atoms with Crippen molar-refractivity contribution >= 4 is 23.1 Å². The molecule has 0 aliphatic heterocycles. The zero-order valence-electron chi connectivity index (χ0n) is 8.52. The second-order valence-corrected chi connectivity index (χ2v) is 3.74. The van der Waals surface area contributed by atoms with Gasteiger partial charge in [-0.1, -0.05) is 30.3 Å². The Morgan fingerprint density at radius 1 is 1.06 bits per heavy atom. The zero-order chi connectivity index (χ0) is 11.5. The van der Waals surface area contributed by atoms with Crippen LogP contribution in [0.4, 0.5) is 11.5 Å². The Hall–Kier alpha value is -1.81. The highest BCUT2D eigenvalue weighted by molar-refractivity contribution is 6.28. The SMILES string of the molecule is Nc1nc(Cl)nc(Cc2ccccc2)c1N. The number of aromatic nitrogens is 2. The monoisotopic (exact) mass is 234 g/mol. The predicted octanol–water partition coefficient (Wildman–Crippen LogP) is 1.89. The molecule has 0 spiro atoms. The number of benzene rings is 1. The smallest absolute Gasteiger partial charge is 0.224 e. The van der Waals surface area contributed by atoms with Crippen molar-refractivity contribution in [1.29, 1.82) is 0 Å². The van der Waals surface area contributed by atoms with Crippen LogP contribution < -0.4 is 11.5 Å². The molecule has 0 unspecified atom stereocenters. The Kier molecular flexibility index (Phi) is 2.92. The fraction of sp³-hybridized carbons (Fsp3) is 0.0909. The van der Waals surface area contributed by atoms with E-state index in [1.54, 1.807) is 0 Å². The van der Waals surface area contributed by atoms with Crippen LogP contribution in [0.25, 0.3) is 0 Å². The van der Waals surface area contributed by atoms with Crippen LogP contribution in [0.5, 0.6) is 0 Å². The lowest BCUT2D eigenvalue weighted by Gasteiger charge is -2.07. The molecule has 1 heterocycles. The highest BCUT2D eigenvalue weighted by atomic mass is 35.5. The summed E-state index contributed by atoms with van der Waals surface area (Å²) in [4.78, 5) is 7.86. The lowest BCUT2D eigenvalue weighted by atomic mass is 10.1. The Morgan fingerprint density at radius 2 is 1.75 bits per heavy atom. The van der Waals surface area contributed by atoms with Gasteiger partial charge in [0.2, 0.25) is 5.28 Å². The maximum Gasteiger partial charge on any atom is 0.224 e. The highest BCUT2D eigenvalue weighted by Crippen LogP contribution is 2.20. The van der Waals surface area contributed by atoms with Crippen molar-refractivity contribution in [2.75, 3.05) is 11.5 Å². The van der Waals surface area contributed by atoms with Gasteiger partial charge in [-0.05, 0) is 17.2 Å². The summed E-state index contributed by atoms with van der Waals surface area (Å²) in [6.45, 7) is 0. The van der Waals surface area contributed by atoms with Gasteiger partial charge in [0.25, 0.3) is 0 Å². The molecule has 4 nitrogen and oxygen atoms in total. The molecule has 0 amide bonds. The average Bonchev–Trinajstić information content (AvgIpc) is 2.27. The Morgan fingerprint density at radius 3 is 2.44 bits per heavy atom. The van der Waals surface area contributed by atoms with Crippen LogP contribution in [0.15, 0.2) is 30.3 Å². The number of hydrogen-bond acceptors (Lipinski definition) is 4. The topological polar surface area (TPSA) is 77.8 Å². The molecule has 0 saturated carbocycles. The summed E-state index contributed by atoms with van der Waals surface area (Å²) in [6, 6.07) is 9.85. The molecule has 0 aliphatic carbocycles. The average molecular weight is 235 g/mol. The lowest BCUT2D eigenvalue weighted by molar-refractivity contribution is 1.04. The number of nitrogens with zero attached hydrogens (tertiary/aromatic N) is 2. The number of hydrogen-bond donors (Lipinski definition) is 2. The van der Waals surface area contributed by atoms with Crippen LogP contribution in [0.3, 0.4) is 0 Å². The minimum absolute atomic E-state index is 0.123. The number of rotatable bonds is 2. The van der Waals surface area contributed by atoms with E-state index in [9.17, 15) is 0 Å². The van der Waals surface area contributed by atoms with E-state index in [1.165, 1.54) is 0 Å². The standard InChI is InChI=1S/C11H11ClN4/c12-11-15-8(9(13)10(14)16-11)6-7-4-2-1-3-5-7/h1-5H,6,13H2,(H2,14,15,16). The van der Waals surface area contributed by atoms with Crippen molar-refractivity contribution in [2.24, 2.45) is 0 Å². The minimum atomic E-state index is 0.123. The van der Waals surface area contributed by atoms with Crippen molar-refractivity contribution in [2.45, 2.75) is 6.42 Å². The van der Waals surface area contributed by atoms with Crippen LogP contribution in [0.2, 0.25) is 5.28 Å². The molecule has 2 rings (SSSR count). The quantitative estimate of drug-likeness (QED) is 0.778. The summed E-state index contributed by atoms with van der Waals surface area (Å²) in [5.41, 5.74) is 13.6. The fourth-order valence-electron chi connectivity index (χ4n) is 1.43. The van der Waals surface area contributed by atoms with Crippen LogP contribution in [0.1, 0.15) is 11.3 Å². The molecule has 0 saturated heterocycles. The van der Waals surface area contributed by atoms with E-state index in [2.05, 4.69) is 9.97 Å². The first-order valence-electron chi connectivity index (χ1n) is 4.78. The second kappa shape index (κ2) is 4.37. The van der Waals surface area contributed by atoms with Gasteiger partial charge in [-0.2, -0.15) is 4.98 Å². The van der Waals surface area contributed by atoms with E-state index < -0.39 is 0 Å². The molecule has 4 N–H and O–H groups in total. The van der Waals surface area contributed by atoms with Gasteiger partial charge < -0.3 is 11.5 Å². The van der Waals surface area contributed by atoms with Gasteiger partial charge in [-0.25, -0.2) is 4.98 Å². The van der Waals surface area contributed by atoms with E-state index >= 15 is 0 Å². The number of nitrogens with two attached hydrogens (primary N) is 2. The minimum Gasteiger partial charge on any atom is -0.394 e. The maximum absolute atomic E-state index is 5.79. The van der Waals surface area contributed by atoms with Gasteiger partial charge in [0.1, 0.15) is 0 Å². The molecule has 5 heteroatoms.